The Bertz CT molecular complexity index is 2080. The summed E-state index contributed by atoms with van der Waals surface area (Å²) in [6.45, 7) is 0. The Kier molecular flexibility index (Phi) is 6.43. The summed E-state index contributed by atoms with van der Waals surface area (Å²) < 4.78 is 0. The van der Waals surface area contributed by atoms with Crippen molar-refractivity contribution in [1.82, 2.24) is 0 Å². The lowest BCUT2D eigenvalue weighted by Gasteiger charge is -2.35. The van der Waals surface area contributed by atoms with Gasteiger partial charge in [-0.2, -0.15) is 0 Å². The Hall–Kier alpha value is -5.66. The number of fused-ring (bicyclic) bond motifs is 3. The number of nitrogens with one attached hydrogen (secondary N) is 1. The van der Waals surface area contributed by atoms with Crippen LogP contribution in [0.3, 0.4) is 0 Å². The molecule has 1 nitrogen and oxygen atoms in total. The fourth-order valence-electron chi connectivity index (χ4n) is 7.10. The second-order valence-corrected chi connectivity index (χ2v) is 11.4. The van der Waals surface area contributed by atoms with Gasteiger partial charge in [-0.3, -0.25) is 0 Å². The summed E-state index contributed by atoms with van der Waals surface area (Å²) in [6, 6.07) is 65.8. The van der Waals surface area contributed by atoms with Gasteiger partial charge in [0.05, 0.1) is 5.41 Å². The Morgan fingerprint density at radius 3 is 1.50 bits per heavy atom. The number of hydrogen-bond acceptors (Lipinski definition) is 1. The number of anilines is 2. The van der Waals surface area contributed by atoms with Crippen LogP contribution < -0.4 is 5.32 Å². The first-order valence-electron chi connectivity index (χ1n) is 15.2. The maximum atomic E-state index is 3.81. The molecule has 0 aliphatic heterocycles. The van der Waals surface area contributed by atoms with E-state index in [2.05, 4.69) is 187 Å². The lowest BCUT2D eigenvalue weighted by atomic mass is 9.66. The average Bonchev–Trinajstić information content (AvgIpc) is 3.40. The van der Waals surface area contributed by atoms with Crippen LogP contribution in [0.1, 0.15) is 22.3 Å². The van der Waals surface area contributed by atoms with Gasteiger partial charge in [-0.25, -0.2) is 0 Å². The van der Waals surface area contributed by atoms with E-state index in [0.717, 1.165) is 11.4 Å². The molecule has 0 fully saturated rings. The molecule has 0 radical (unpaired) electrons. The van der Waals surface area contributed by atoms with Crippen molar-refractivity contribution >= 4 is 11.4 Å². The number of benzene rings is 7. The molecule has 0 saturated carbocycles. The topological polar surface area (TPSA) is 12.0 Å². The molecule has 1 aliphatic rings. The van der Waals surface area contributed by atoms with Gasteiger partial charge in [0.25, 0.3) is 0 Å². The number of para-hydroxylation sites is 1. The van der Waals surface area contributed by atoms with Crippen LogP contribution in [0, 0.1) is 0 Å². The Morgan fingerprint density at radius 1 is 0.341 bits per heavy atom. The first-order valence-corrected chi connectivity index (χ1v) is 15.2. The third kappa shape index (κ3) is 4.17. The molecule has 0 amide bonds. The minimum Gasteiger partial charge on any atom is -0.355 e. The zero-order valence-corrected chi connectivity index (χ0v) is 24.3. The second-order valence-electron chi connectivity index (χ2n) is 11.4. The van der Waals surface area contributed by atoms with Crippen molar-refractivity contribution in [3.63, 3.8) is 0 Å². The van der Waals surface area contributed by atoms with Crippen LogP contribution in [0.5, 0.6) is 0 Å². The highest BCUT2D eigenvalue weighted by Gasteiger charge is 2.47. The van der Waals surface area contributed by atoms with Crippen LogP contribution in [-0.4, -0.2) is 0 Å². The standard InChI is InChI=1S/C43H31N/c1-4-16-31(17-5-1)35-22-10-13-25-39(35)43(33-20-8-3-9-21-33)40-26-14-11-24-37(40)38-29-28-34(30-41(38)43)44-42-27-15-12-23-36(42)32-18-6-2-7-19-32/h1-30,44H. The van der Waals surface area contributed by atoms with Crippen molar-refractivity contribution in [2.24, 2.45) is 0 Å². The molecular formula is C43H31N. The van der Waals surface area contributed by atoms with Gasteiger partial charge < -0.3 is 5.32 Å². The summed E-state index contributed by atoms with van der Waals surface area (Å²) in [6.07, 6.45) is 0. The van der Waals surface area contributed by atoms with Crippen LogP contribution >= 0.6 is 0 Å². The van der Waals surface area contributed by atoms with Gasteiger partial charge in [0.1, 0.15) is 0 Å². The maximum absolute atomic E-state index is 3.81. The average molecular weight is 562 g/mol. The quantitative estimate of drug-likeness (QED) is 0.213. The molecule has 1 heteroatoms. The van der Waals surface area contributed by atoms with Gasteiger partial charge in [0.2, 0.25) is 0 Å². The minimum absolute atomic E-state index is 0.504. The van der Waals surface area contributed by atoms with E-state index < -0.39 is 5.41 Å². The van der Waals surface area contributed by atoms with Crippen molar-refractivity contribution in [1.29, 1.82) is 0 Å². The van der Waals surface area contributed by atoms with Gasteiger partial charge >= 0.3 is 0 Å². The predicted octanol–water partition coefficient (Wildman–Crippen LogP) is 11.1. The molecule has 1 N–H and O–H groups in total. The third-order valence-corrected chi connectivity index (χ3v) is 8.96. The molecule has 1 unspecified atom stereocenters. The number of rotatable bonds is 6. The molecule has 0 saturated heterocycles. The lowest BCUT2D eigenvalue weighted by Crippen LogP contribution is -2.29. The Balaban J connectivity index is 1.39. The molecule has 44 heavy (non-hydrogen) atoms. The van der Waals surface area contributed by atoms with E-state index in [9.17, 15) is 0 Å². The van der Waals surface area contributed by atoms with Crippen molar-refractivity contribution in [2.45, 2.75) is 5.41 Å². The van der Waals surface area contributed by atoms with Gasteiger partial charge in [-0.05, 0) is 68.3 Å². The fourth-order valence-corrected chi connectivity index (χ4v) is 7.10. The highest BCUT2D eigenvalue weighted by molar-refractivity contribution is 5.91. The second kappa shape index (κ2) is 10.9. The van der Waals surface area contributed by atoms with E-state index in [0.29, 0.717) is 0 Å². The molecule has 0 heterocycles. The van der Waals surface area contributed by atoms with Crippen molar-refractivity contribution in [3.05, 3.63) is 204 Å². The monoisotopic (exact) mass is 561 g/mol. The van der Waals surface area contributed by atoms with Crippen LogP contribution in [0.25, 0.3) is 33.4 Å². The first-order chi connectivity index (χ1) is 21.8. The van der Waals surface area contributed by atoms with Crippen LogP contribution in [0.2, 0.25) is 0 Å². The summed E-state index contributed by atoms with van der Waals surface area (Å²) in [7, 11) is 0. The summed E-state index contributed by atoms with van der Waals surface area (Å²) in [5.41, 5.74) is 14.2. The lowest BCUT2D eigenvalue weighted by molar-refractivity contribution is 0.771. The summed E-state index contributed by atoms with van der Waals surface area (Å²) in [5, 5.41) is 3.81. The summed E-state index contributed by atoms with van der Waals surface area (Å²) >= 11 is 0. The van der Waals surface area contributed by atoms with Crippen LogP contribution in [-0.2, 0) is 5.41 Å². The molecule has 1 aliphatic carbocycles. The van der Waals surface area contributed by atoms with Gasteiger partial charge in [-0.1, -0.05) is 164 Å². The molecule has 7 aromatic rings. The van der Waals surface area contributed by atoms with E-state index in [1.54, 1.807) is 0 Å². The highest BCUT2D eigenvalue weighted by Crippen LogP contribution is 2.58. The maximum Gasteiger partial charge on any atom is 0.0720 e. The molecular weight excluding hydrogens is 530 g/mol. The minimum atomic E-state index is -0.504. The first kappa shape index (κ1) is 26.0. The van der Waals surface area contributed by atoms with Crippen LogP contribution in [0.15, 0.2) is 182 Å². The largest absolute Gasteiger partial charge is 0.355 e. The molecule has 0 spiro atoms. The Labute approximate surface area is 259 Å². The molecule has 208 valence electrons. The zero-order valence-electron chi connectivity index (χ0n) is 24.3. The Morgan fingerprint density at radius 2 is 0.818 bits per heavy atom. The van der Waals surface area contributed by atoms with Crippen molar-refractivity contribution in [3.8, 4) is 33.4 Å². The van der Waals surface area contributed by atoms with E-state index in [1.807, 2.05) is 0 Å². The van der Waals surface area contributed by atoms with Gasteiger partial charge in [0.15, 0.2) is 0 Å². The van der Waals surface area contributed by atoms with Gasteiger partial charge in [0, 0.05) is 16.9 Å². The van der Waals surface area contributed by atoms with Crippen molar-refractivity contribution < 1.29 is 0 Å². The molecule has 8 rings (SSSR count). The molecule has 7 aromatic carbocycles. The fraction of sp³-hybridized carbons (Fsp3) is 0.0233. The smallest absolute Gasteiger partial charge is 0.0720 e. The van der Waals surface area contributed by atoms with Gasteiger partial charge in [-0.15, -0.1) is 0 Å². The normalized spacial score (nSPS) is 14.9. The third-order valence-electron chi connectivity index (χ3n) is 8.96. The molecule has 1 atom stereocenters. The van der Waals surface area contributed by atoms with E-state index in [1.165, 1.54) is 55.6 Å². The van der Waals surface area contributed by atoms with E-state index in [4.69, 9.17) is 0 Å². The number of hydrogen-bond donors (Lipinski definition) is 1. The van der Waals surface area contributed by atoms with E-state index in [-0.39, 0.29) is 0 Å². The summed E-state index contributed by atoms with van der Waals surface area (Å²) in [5.74, 6) is 0. The zero-order chi connectivity index (χ0) is 29.3. The van der Waals surface area contributed by atoms with Crippen LogP contribution in [0.4, 0.5) is 11.4 Å². The summed E-state index contributed by atoms with van der Waals surface area (Å²) in [4.78, 5) is 0. The van der Waals surface area contributed by atoms with Crippen molar-refractivity contribution in [2.75, 3.05) is 5.32 Å². The highest BCUT2D eigenvalue weighted by atomic mass is 14.9. The van der Waals surface area contributed by atoms with E-state index >= 15 is 0 Å². The molecule has 0 aromatic heterocycles. The SMILES string of the molecule is c1ccc(-c2ccccc2Nc2ccc3c(c2)C(c2ccccc2)(c2ccccc2-c2ccccc2)c2ccccc2-3)cc1. The molecule has 0 bridgehead atoms. The predicted molar refractivity (Wildman–Crippen MR) is 184 cm³/mol.